The minimum atomic E-state index is -0.336. The topological polar surface area (TPSA) is 70.3 Å². The molecule has 0 saturated heterocycles. The predicted octanol–water partition coefficient (Wildman–Crippen LogP) is 2.50. The van der Waals surface area contributed by atoms with Crippen LogP contribution in [-0.2, 0) is 0 Å². The summed E-state index contributed by atoms with van der Waals surface area (Å²) < 4.78 is 4.96. The molecule has 0 radical (unpaired) electrons. The number of carbonyl (C=O) groups is 1. The fraction of sp³-hybridized carbons (Fsp3) is 0.0667. The summed E-state index contributed by atoms with van der Waals surface area (Å²) in [5.41, 5.74) is 0.939. The van der Waals surface area contributed by atoms with Crippen molar-refractivity contribution in [3.63, 3.8) is 0 Å². The quantitative estimate of drug-likeness (QED) is 0.853. The first-order valence-electron chi connectivity index (χ1n) is 5.57. The highest BCUT2D eigenvalue weighted by Crippen LogP contribution is 2.25. The number of hydrogen-bond donors (Lipinski definition) is 1. The van der Waals surface area contributed by atoms with Gasteiger partial charge in [-0.3, -0.25) is 4.79 Å². The van der Waals surface area contributed by atoms with E-state index in [0.717, 1.165) is 0 Å². The maximum Gasteiger partial charge on any atom is 0.196 e. The highest BCUT2D eigenvalue weighted by atomic mass is 16.5. The van der Waals surface area contributed by atoms with E-state index in [1.54, 1.807) is 24.3 Å². The Morgan fingerprint density at radius 3 is 2.68 bits per heavy atom. The smallest absolute Gasteiger partial charge is 0.196 e. The van der Waals surface area contributed by atoms with E-state index in [-0.39, 0.29) is 17.1 Å². The summed E-state index contributed by atoms with van der Waals surface area (Å²) in [6.07, 6.45) is 0. The minimum absolute atomic E-state index is 0.147. The zero-order valence-electron chi connectivity index (χ0n) is 10.3. The van der Waals surface area contributed by atoms with E-state index in [2.05, 4.69) is 0 Å². The first-order valence-corrected chi connectivity index (χ1v) is 5.57. The SMILES string of the molecule is COc1ccc(C(=O)c2cccc(C#N)c2)c(O)c1. The lowest BCUT2D eigenvalue weighted by atomic mass is 10.0. The van der Waals surface area contributed by atoms with Crippen molar-refractivity contribution in [3.05, 3.63) is 59.2 Å². The second kappa shape index (κ2) is 5.23. The number of benzene rings is 2. The normalized spacial score (nSPS) is 9.68. The Morgan fingerprint density at radius 1 is 1.26 bits per heavy atom. The lowest BCUT2D eigenvalue weighted by molar-refractivity contribution is 0.103. The van der Waals surface area contributed by atoms with Crippen LogP contribution in [0, 0.1) is 11.3 Å². The molecule has 2 aromatic rings. The minimum Gasteiger partial charge on any atom is -0.507 e. The number of nitriles is 1. The summed E-state index contributed by atoms with van der Waals surface area (Å²) in [4.78, 5) is 12.2. The van der Waals surface area contributed by atoms with E-state index in [1.165, 1.54) is 25.3 Å². The van der Waals surface area contributed by atoms with E-state index in [4.69, 9.17) is 10.00 Å². The standard InChI is InChI=1S/C15H11NO3/c1-19-12-5-6-13(14(17)8-12)15(18)11-4-2-3-10(7-11)9-16/h2-8,17H,1H3. The molecule has 0 unspecified atom stereocenters. The molecule has 4 nitrogen and oxygen atoms in total. The van der Waals surface area contributed by atoms with Crippen molar-refractivity contribution in [1.29, 1.82) is 5.26 Å². The number of hydrogen-bond acceptors (Lipinski definition) is 4. The number of aromatic hydroxyl groups is 1. The van der Waals surface area contributed by atoms with Gasteiger partial charge in [-0.2, -0.15) is 5.26 Å². The molecule has 0 saturated carbocycles. The number of ether oxygens (including phenoxy) is 1. The van der Waals surface area contributed by atoms with Gasteiger partial charge in [-0.25, -0.2) is 0 Å². The molecule has 0 heterocycles. The lowest BCUT2D eigenvalue weighted by Gasteiger charge is -2.06. The summed E-state index contributed by atoms with van der Waals surface area (Å²) in [6.45, 7) is 0. The third kappa shape index (κ3) is 2.55. The average Bonchev–Trinajstić information content (AvgIpc) is 2.46. The van der Waals surface area contributed by atoms with Gasteiger partial charge in [-0.1, -0.05) is 12.1 Å². The molecule has 4 heteroatoms. The van der Waals surface area contributed by atoms with Crippen LogP contribution in [0.5, 0.6) is 11.5 Å². The van der Waals surface area contributed by atoms with Crippen LogP contribution in [0.25, 0.3) is 0 Å². The van der Waals surface area contributed by atoms with Crippen LogP contribution in [0.2, 0.25) is 0 Å². The van der Waals surface area contributed by atoms with Crippen molar-refractivity contribution < 1.29 is 14.6 Å². The Labute approximate surface area is 110 Å². The maximum atomic E-state index is 12.2. The Bertz CT molecular complexity index is 671. The van der Waals surface area contributed by atoms with Crippen molar-refractivity contribution in [1.82, 2.24) is 0 Å². The molecule has 19 heavy (non-hydrogen) atoms. The van der Waals surface area contributed by atoms with Crippen molar-refractivity contribution in [2.75, 3.05) is 7.11 Å². The molecule has 0 spiro atoms. The van der Waals surface area contributed by atoms with Gasteiger partial charge in [0.05, 0.1) is 24.3 Å². The molecular weight excluding hydrogens is 242 g/mol. The molecule has 0 fully saturated rings. The predicted molar refractivity (Wildman–Crippen MR) is 69.2 cm³/mol. The number of methoxy groups -OCH3 is 1. The van der Waals surface area contributed by atoms with Crippen LogP contribution in [0.15, 0.2) is 42.5 Å². The first kappa shape index (κ1) is 12.7. The number of nitrogens with zero attached hydrogens (tertiary/aromatic N) is 1. The molecule has 0 aliphatic carbocycles. The Morgan fingerprint density at radius 2 is 2.05 bits per heavy atom. The van der Waals surface area contributed by atoms with E-state index >= 15 is 0 Å². The van der Waals surface area contributed by atoms with Crippen molar-refractivity contribution in [2.45, 2.75) is 0 Å². The third-order valence-electron chi connectivity index (χ3n) is 2.70. The van der Waals surface area contributed by atoms with E-state index in [0.29, 0.717) is 16.9 Å². The lowest BCUT2D eigenvalue weighted by Crippen LogP contribution is -2.02. The van der Waals surface area contributed by atoms with Gasteiger partial charge in [0.1, 0.15) is 11.5 Å². The van der Waals surface area contributed by atoms with Gasteiger partial charge in [0.25, 0.3) is 0 Å². The average molecular weight is 253 g/mol. The number of phenolic OH excluding ortho intramolecular Hbond substituents is 1. The van der Waals surface area contributed by atoms with Gasteiger partial charge in [0, 0.05) is 11.6 Å². The molecule has 0 amide bonds. The van der Waals surface area contributed by atoms with Crippen LogP contribution in [0.3, 0.4) is 0 Å². The molecule has 94 valence electrons. The van der Waals surface area contributed by atoms with Crippen molar-refractivity contribution in [3.8, 4) is 17.6 Å². The molecule has 1 N–H and O–H groups in total. The van der Waals surface area contributed by atoms with Crippen LogP contribution in [0.1, 0.15) is 21.5 Å². The summed E-state index contributed by atoms with van der Waals surface area (Å²) >= 11 is 0. The molecule has 0 aromatic heterocycles. The number of rotatable bonds is 3. The van der Waals surface area contributed by atoms with Crippen LogP contribution >= 0.6 is 0 Å². The Hall–Kier alpha value is -2.80. The van der Waals surface area contributed by atoms with Gasteiger partial charge in [-0.05, 0) is 24.3 Å². The molecule has 2 aromatic carbocycles. The number of phenols is 1. The second-order valence-corrected chi connectivity index (χ2v) is 3.90. The highest BCUT2D eigenvalue weighted by Gasteiger charge is 2.14. The molecule has 0 atom stereocenters. The number of carbonyl (C=O) groups excluding carboxylic acids is 1. The van der Waals surface area contributed by atoms with Crippen molar-refractivity contribution in [2.24, 2.45) is 0 Å². The van der Waals surface area contributed by atoms with Gasteiger partial charge in [0.15, 0.2) is 5.78 Å². The van der Waals surface area contributed by atoms with Gasteiger partial charge >= 0.3 is 0 Å². The highest BCUT2D eigenvalue weighted by molar-refractivity contribution is 6.10. The third-order valence-corrected chi connectivity index (χ3v) is 2.70. The zero-order chi connectivity index (χ0) is 13.8. The van der Waals surface area contributed by atoms with Gasteiger partial charge < -0.3 is 9.84 Å². The Balaban J connectivity index is 2.41. The number of ketones is 1. The Kier molecular flexibility index (Phi) is 3.48. The fourth-order valence-electron chi connectivity index (χ4n) is 1.72. The van der Waals surface area contributed by atoms with Gasteiger partial charge in [0.2, 0.25) is 0 Å². The molecule has 0 aliphatic rings. The summed E-state index contributed by atoms with van der Waals surface area (Å²) in [6, 6.07) is 12.8. The molecule has 0 aliphatic heterocycles. The summed E-state index contributed by atoms with van der Waals surface area (Å²) in [5, 5.41) is 18.6. The monoisotopic (exact) mass is 253 g/mol. The van der Waals surface area contributed by atoms with Crippen LogP contribution in [-0.4, -0.2) is 18.0 Å². The summed E-state index contributed by atoms with van der Waals surface area (Å²) in [7, 11) is 1.48. The van der Waals surface area contributed by atoms with Crippen LogP contribution < -0.4 is 4.74 Å². The van der Waals surface area contributed by atoms with E-state index in [9.17, 15) is 9.90 Å². The summed E-state index contributed by atoms with van der Waals surface area (Å²) in [5.74, 6) is -0.0104. The largest absolute Gasteiger partial charge is 0.507 e. The molecule has 2 rings (SSSR count). The molecular formula is C15H11NO3. The van der Waals surface area contributed by atoms with Crippen LogP contribution in [0.4, 0.5) is 0 Å². The first-order chi connectivity index (χ1) is 9.15. The zero-order valence-corrected chi connectivity index (χ0v) is 10.3. The second-order valence-electron chi connectivity index (χ2n) is 3.90. The fourth-order valence-corrected chi connectivity index (χ4v) is 1.72. The molecule has 0 bridgehead atoms. The maximum absolute atomic E-state index is 12.2. The van der Waals surface area contributed by atoms with Crippen molar-refractivity contribution >= 4 is 5.78 Å². The van der Waals surface area contributed by atoms with E-state index < -0.39 is 0 Å². The van der Waals surface area contributed by atoms with Gasteiger partial charge in [-0.15, -0.1) is 0 Å². The van der Waals surface area contributed by atoms with E-state index in [1.807, 2.05) is 6.07 Å².